The van der Waals surface area contributed by atoms with Crippen molar-refractivity contribution >= 4 is 35.6 Å². The van der Waals surface area contributed by atoms with Crippen LogP contribution >= 0.6 is 23.5 Å². The summed E-state index contributed by atoms with van der Waals surface area (Å²) < 4.78 is 5.79. The molecule has 6 nitrogen and oxygen atoms in total. The van der Waals surface area contributed by atoms with E-state index in [1.807, 2.05) is 55.9 Å². The molecule has 2 aromatic rings. The molecule has 1 N–H and O–H groups in total. The minimum atomic E-state index is -0.198. The Morgan fingerprint density at radius 2 is 2.00 bits per heavy atom. The Morgan fingerprint density at radius 3 is 2.62 bits per heavy atom. The normalized spacial score (nSPS) is 14.2. The van der Waals surface area contributed by atoms with Gasteiger partial charge in [0.1, 0.15) is 11.9 Å². The summed E-state index contributed by atoms with van der Waals surface area (Å²) in [4.78, 5) is 20.5. The minimum Gasteiger partial charge on any atom is -0.489 e. The molecule has 0 aliphatic carbocycles. The molecule has 0 spiro atoms. The molecule has 1 aromatic heterocycles. The molecule has 136 valence electrons. The summed E-state index contributed by atoms with van der Waals surface area (Å²) in [5, 5.41) is 4.58. The highest BCUT2D eigenvalue weighted by Crippen LogP contribution is 2.23. The second kappa shape index (κ2) is 9.05. The predicted octanol–water partition coefficient (Wildman–Crippen LogP) is 2.83. The SMILES string of the molecule is Cc1cc(C)nc(SCC(=O)N/N=C\c2ccc(OC3CSC3)cc2)n1. The van der Waals surface area contributed by atoms with E-state index >= 15 is 0 Å². The molecular weight excluding hydrogens is 368 g/mol. The Hall–Kier alpha value is -2.06. The molecule has 1 amide bonds. The molecule has 1 fully saturated rings. The number of hydrogen-bond acceptors (Lipinski definition) is 7. The van der Waals surface area contributed by atoms with Gasteiger partial charge < -0.3 is 4.74 Å². The van der Waals surface area contributed by atoms with Gasteiger partial charge in [0.25, 0.3) is 5.91 Å². The van der Waals surface area contributed by atoms with Gasteiger partial charge in [0.05, 0.1) is 12.0 Å². The highest BCUT2D eigenvalue weighted by atomic mass is 32.2. The van der Waals surface area contributed by atoms with Gasteiger partial charge in [0, 0.05) is 22.9 Å². The molecular formula is C18H20N4O2S2. The Labute approximate surface area is 161 Å². The quantitative estimate of drug-likeness (QED) is 0.340. The van der Waals surface area contributed by atoms with Crippen LogP contribution in [0.25, 0.3) is 0 Å². The van der Waals surface area contributed by atoms with Gasteiger partial charge >= 0.3 is 0 Å². The number of rotatable bonds is 7. The lowest BCUT2D eigenvalue weighted by Crippen LogP contribution is -2.30. The molecule has 1 aliphatic rings. The molecule has 2 heterocycles. The Kier molecular flexibility index (Phi) is 6.51. The van der Waals surface area contributed by atoms with Crippen molar-refractivity contribution in [3.05, 3.63) is 47.3 Å². The number of nitrogens with zero attached hydrogens (tertiary/aromatic N) is 3. The fraction of sp³-hybridized carbons (Fsp3) is 0.333. The number of ether oxygens (including phenoxy) is 1. The van der Waals surface area contributed by atoms with Crippen LogP contribution in [0.15, 0.2) is 40.6 Å². The molecule has 1 aliphatic heterocycles. The molecule has 3 rings (SSSR count). The lowest BCUT2D eigenvalue weighted by molar-refractivity contribution is -0.118. The molecule has 1 aromatic carbocycles. The van der Waals surface area contributed by atoms with E-state index in [-0.39, 0.29) is 11.7 Å². The molecule has 26 heavy (non-hydrogen) atoms. The van der Waals surface area contributed by atoms with Gasteiger partial charge in [-0.2, -0.15) is 16.9 Å². The van der Waals surface area contributed by atoms with Crippen molar-refractivity contribution in [3.63, 3.8) is 0 Å². The smallest absolute Gasteiger partial charge is 0.250 e. The fourth-order valence-corrected chi connectivity index (χ4v) is 3.51. The number of benzene rings is 1. The first-order valence-electron chi connectivity index (χ1n) is 8.20. The average Bonchev–Trinajstić information content (AvgIpc) is 2.57. The highest BCUT2D eigenvalue weighted by Gasteiger charge is 2.19. The fourth-order valence-electron chi connectivity index (χ4n) is 2.21. The van der Waals surface area contributed by atoms with Gasteiger partial charge in [0.15, 0.2) is 5.16 Å². The van der Waals surface area contributed by atoms with Crippen LogP contribution in [0.2, 0.25) is 0 Å². The van der Waals surface area contributed by atoms with Crippen molar-refractivity contribution in [1.29, 1.82) is 0 Å². The van der Waals surface area contributed by atoms with E-state index in [0.29, 0.717) is 11.3 Å². The van der Waals surface area contributed by atoms with E-state index in [1.54, 1.807) is 6.21 Å². The number of thioether (sulfide) groups is 2. The number of amides is 1. The van der Waals surface area contributed by atoms with Crippen LogP contribution in [0.4, 0.5) is 0 Å². The maximum Gasteiger partial charge on any atom is 0.250 e. The van der Waals surface area contributed by atoms with E-state index in [4.69, 9.17) is 4.74 Å². The van der Waals surface area contributed by atoms with Crippen molar-refractivity contribution in [1.82, 2.24) is 15.4 Å². The van der Waals surface area contributed by atoms with Gasteiger partial charge in [-0.15, -0.1) is 0 Å². The summed E-state index contributed by atoms with van der Waals surface area (Å²) in [6, 6.07) is 9.55. The zero-order valence-electron chi connectivity index (χ0n) is 14.6. The summed E-state index contributed by atoms with van der Waals surface area (Å²) in [6.45, 7) is 3.81. The van der Waals surface area contributed by atoms with Crippen LogP contribution in [0.1, 0.15) is 17.0 Å². The van der Waals surface area contributed by atoms with Crippen LogP contribution in [0, 0.1) is 13.8 Å². The first-order chi connectivity index (χ1) is 12.6. The maximum absolute atomic E-state index is 11.9. The van der Waals surface area contributed by atoms with Gasteiger partial charge in [-0.1, -0.05) is 11.8 Å². The summed E-state index contributed by atoms with van der Waals surface area (Å²) >= 11 is 3.18. The Bertz CT molecular complexity index is 772. The van der Waals surface area contributed by atoms with Gasteiger partial charge in [-0.3, -0.25) is 4.79 Å². The molecule has 0 bridgehead atoms. The van der Waals surface area contributed by atoms with E-state index < -0.39 is 0 Å². The average molecular weight is 389 g/mol. The van der Waals surface area contributed by atoms with E-state index in [9.17, 15) is 4.79 Å². The standard InChI is InChI=1S/C18H20N4O2S2/c1-12-7-13(2)21-18(20-12)26-11-17(23)22-19-8-14-3-5-15(6-4-14)24-16-9-25-10-16/h3-8,16H,9-11H2,1-2H3,(H,22,23)/b19-8-. The first-order valence-corrected chi connectivity index (χ1v) is 10.3. The third-order valence-electron chi connectivity index (χ3n) is 3.49. The molecule has 1 saturated heterocycles. The number of carbonyl (C=O) groups excluding carboxylic acids is 1. The number of aryl methyl sites for hydroxylation is 2. The molecule has 0 radical (unpaired) electrons. The molecule has 8 heteroatoms. The topological polar surface area (TPSA) is 76.5 Å². The van der Waals surface area contributed by atoms with Crippen molar-refractivity contribution in [2.75, 3.05) is 17.3 Å². The number of nitrogens with one attached hydrogen (secondary N) is 1. The maximum atomic E-state index is 11.9. The van der Waals surface area contributed by atoms with Crippen molar-refractivity contribution in [2.45, 2.75) is 25.1 Å². The lowest BCUT2D eigenvalue weighted by atomic mass is 10.2. The predicted molar refractivity (Wildman–Crippen MR) is 106 cm³/mol. The number of carbonyl (C=O) groups is 1. The van der Waals surface area contributed by atoms with Crippen LogP contribution in [0.5, 0.6) is 5.75 Å². The molecule has 0 unspecified atom stereocenters. The first kappa shape index (κ1) is 18.7. The minimum absolute atomic E-state index is 0.198. The summed E-state index contributed by atoms with van der Waals surface area (Å²) in [5.74, 6) is 2.99. The zero-order valence-corrected chi connectivity index (χ0v) is 16.3. The zero-order chi connectivity index (χ0) is 18.4. The second-order valence-corrected chi connectivity index (χ2v) is 7.88. The number of hydrazone groups is 1. The van der Waals surface area contributed by atoms with E-state index in [2.05, 4.69) is 20.5 Å². The van der Waals surface area contributed by atoms with Crippen molar-refractivity contribution in [3.8, 4) is 5.75 Å². The monoisotopic (exact) mass is 388 g/mol. The van der Waals surface area contributed by atoms with Crippen LogP contribution < -0.4 is 10.2 Å². The number of aromatic nitrogens is 2. The van der Waals surface area contributed by atoms with E-state index in [1.165, 1.54) is 11.8 Å². The van der Waals surface area contributed by atoms with Crippen LogP contribution in [-0.2, 0) is 4.79 Å². The summed E-state index contributed by atoms with van der Waals surface area (Å²) in [6.07, 6.45) is 1.94. The second-order valence-electron chi connectivity index (χ2n) is 5.86. The largest absolute Gasteiger partial charge is 0.489 e. The van der Waals surface area contributed by atoms with Crippen molar-refractivity contribution < 1.29 is 9.53 Å². The number of hydrogen-bond donors (Lipinski definition) is 1. The third-order valence-corrected chi connectivity index (χ3v) is 5.55. The van der Waals surface area contributed by atoms with Gasteiger partial charge in [-0.25, -0.2) is 15.4 Å². The van der Waals surface area contributed by atoms with Crippen LogP contribution in [-0.4, -0.2) is 45.5 Å². The lowest BCUT2D eigenvalue weighted by Gasteiger charge is -2.25. The van der Waals surface area contributed by atoms with Crippen LogP contribution in [0.3, 0.4) is 0 Å². The van der Waals surface area contributed by atoms with E-state index in [0.717, 1.165) is 34.2 Å². The third kappa shape index (κ3) is 5.74. The molecule has 0 saturated carbocycles. The molecule has 0 atom stereocenters. The summed E-state index contributed by atoms with van der Waals surface area (Å²) in [7, 11) is 0. The van der Waals surface area contributed by atoms with Gasteiger partial charge in [-0.05, 0) is 49.7 Å². The van der Waals surface area contributed by atoms with Crippen molar-refractivity contribution in [2.24, 2.45) is 5.10 Å². The summed E-state index contributed by atoms with van der Waals surface area (Å²) in [5.41, 5.74) is 5.19. The highest BCUT2D eigenvalue weighted by molar-refractivity contribution is 8.00. The van der Waals surface area contributed by atoms with Gasteiger partial charge in [0.2, 0.25) is 0 Å². The Morgan fingerprint density at radius 1 is 1.31 bits per heavy atom. The Balaban J connectivity index is 1.43.